The van der Waals surface area contributed by atoms with Crippen LogP contribution in [0.4, 0.5) is 11.4 Å². The van der Waals surface area contributed by atoms with E-state index in [4.69, 9.17) is 23.6 Å². The highest BCUT2D eigenvalue weighted by molar-refractivity contribution is 6.16. The highest BCUT2D eigenvalue weighted by Gasteiger charge is 2.44. The van der Waals surface area contributed by atoms with Gasteiger partial charge in [0.05, 0.1) is 29.1 Å². The largest absolute Gasteiger partial charge is 0.507 e. The zero-order valence-corrected chi connectivity index (χ0v) is 40.2. The van der Waals surface area contributed by atoms with Crippen LogP contribution in [0.2, 0.25) is 0 Å². The number of nitrogens with one attached hydrogen (secondary N) is 1. The monoisotopic (exact) mass is 924 g/mol. The Balaban J connectivity index is 1.45. The van der Waals surface area contributed by atoms with E-state index in [0.29, 0.717) is 24.7 Å². The smallest absolute Gasteiger partial charge is 0.307 e. The van der Waals surface area contributed by atoms with Gasteiger partial charge in [-0.25, -0.2) is 4.98 Å². The van der Waals surface area contributed by atoms with E-state index >= 15 is 0 Å². The molecule has 0 aliphatic carbocycles. The number of phenols is 1. The maximum absolute atomic E-state index is 14.9. The topological polar surface area (TPSA) is 221 Å². The number of hydrogen-bond acceptors (Lipinski definition) is 15. The Kier molecular flexibility index (Phi) is 13.9. The van der Waals surface area contributed by atoms with Gasteiger partial charge in [0, 0.05) is 98.7 Å². The molecule has 1 amide bonds. The average molecular weight is 925 g/mol. The first kappa shape index (κ1) is 48.9. The molecule has 4 aliphatic rings. The molecular weight excluding hydrogens is 861 g/mol. The molecule has 360 valence electrons. The minimum Gasteiger partial charge on any atom is -0.507 e. The molecule has 0 saturated carbocycles. The van der Waals surface area contributed by atoms with Gasteiger partial charge in [0.15, 0.2) is 22.4 Å². The Morgan fingerprint density at radius 3 is 2.27 bits per heavy atom. The maximum atomic E-state index is 14.9. The number of esters is 1. The number of carbonyl (C=O) groups is 2. The molecule has 3 aromatic carbocycles. The molecule has 0 radical (unpaired) electrons. The van der Waals surface area contributed by atoms with E-state index in [1.807, 2.05) is 13.8 Å². The fourth-order valence-electron chi connectivity index (χ4n) is 9.63. The van der Waals surface area contributed by atoms with Crippen molar-refractivity contribution in [2.24, 2.45) is 35.5 Å². The number of ether oxygens (including phenoxy) is 3. The lowest BCUT2D eigenvalue weighted by Gasteiger charge is -2.37. The number of phenolic OH excluding ortho intramolecular Hbond substituents is 1. The van der Waals surface area contributed by atoms with Gasteiger partial charge in [0.2, 0.25) is 10.9 Å². The van der Waals surface area contributed by atoms with Crippen LogP contribution in [0, 0.1) is 42.4 Å². The number of anilines is 2. The third-order valence-electron chi connectivity index (χ3n) is 13.9. The Hall–Kier alpha value is -5.97. The average Bonchev–Trinajstić information content (AvgIpc) is 3.54. The zero-order valence-electron chi connectivity index (χ0n) is 40.2. The fraction of sp³-hybridized carbons (Fsp3) is 0.510. The molecule has 5 bridgehead atoms. The Labute approximate surface area is 389 Å². The van der Waals surface area contributed by atoms with E-state index in [-0.39, 0.29) is 66.7 Å². The van der Waals surface area contributed by atoms with Crippen molar-refractivity contribution in [3.05, 3.63) is 79.5 Å². The number of amides is 1. The van der Waals surface area contributed by atoms with Gasteiger partial charge in [-0.1, -0.05) is 66.7 Å². The summed E-state index contributed by atoms with van der Waals surface area (Å²) in [5, 5.41) is 49.3. The van der Waals surface area contributed by atoms with Gasteiger partial charge in [0.1, 0.15) is 28.8 Å². The third-order valence-corrected chi connectivity index (χ3v) is 13.9. The summed E-state index contributed by atoms with van der Waals surface area (Å²) in [4.78, 5) is 64.6. The van der Waals surface area contributed by atoms with E-state index in [1.54, 1.807) is 45.1 Å². The predicted molar refractivity (Wildman–Crippen MR) is 257 cm³/mol. The summed E-state index contributed by atoms with van der Waals surface area (Å²) in [7, 11) is 0. The summed E-state index contributed by atoms with van der Waals surface area (Å²) in [6.07, 6.45) is 4.87. The molecule has 4 aromatic rings. The highest BCUT2D eigenvalue weighted by Crippen LogP contribution is 2.42. The van der Waals surface area contributed by atoms with Gasteiger partial charge in [-0.15, -0.1) is 0 Å². The standard InChI is InChI=1S/C51H64N4O12/c1-24(2)23-54-16-18-55(19-17-54)33-21-34(57)39-35(22-33)66-48-40(52-39)36-37-44(60)31(9)47-38(36)49(62)51(11,67-47)64-20-15-25(3)28(6)46(65-32(10)56)30(8)43(59)29(7)42(58)26(4)13-12-14-27(5)50(63)53-41(48)45(37)61/h12-15,20-22,24-26,28-30,42-43,46,58-60,62H,16-19,23H2,1-11H3,(H,53,63)/b13-12+,20-15+,27-14-/t25-,26-,28+,29+,30+,42-,43+,46+,51-/m0/s1. The molecular formula is C51H64N4O12. The summed E-state index contributed by atoms with van der Waals surface area (Å²) in [6.45, 7) is 23.0. The van der Waals surface area contributed by atoms with Crippen molar-refractivity contribution in [2.75, 3.05) is 42.9 Å². The maximum Gasteiger partial charge on any atom is 0.307 e. The summed E-state index contributed by atoms with van der Waals surface area (Å²) < 4.78 is 24.8. The molecule has 0 unspecified atom stereocenters. The first-order chi connectivity index (χ1) is 31.5. The normalized spacial score (nSPS) is 29.8. The lowest BCUT2D eigenvalue weighted by Crippen LogP contribution is -2.47. The number of aromatic hydroxyl groups is 1. The molecule has 16 heteroatoms. The number of aliphatic hydroxyl groups excluding tert-OH is 3. The molecule has 1 saturated heterocycles. The molecule has 1 fully saturated rings. The Morgan fingerprint density at radius 2 is 1.61 bits per heavy atom. The molecule has 0 spiro atoms. The first-order valence-electron chi connectivity index (χ1n) is 23.1. The SMILES string of the molecule is CC(=O)O[C@H]1[C@H](C)[C@H](O)[C@H](C)[C@@H](O)[C@@H](C)/C=C/C=C(/C)C(=O)Nc2c(=O)c3c(O)c(C)c4c(c3c3nc5c(=O)cc(N6CCN(CC(C)C)CC6)cc5oc23)=C(O)[C@@](C)(O/C=C/[C@H](C)[C@H]1C)O4. The van der Waals surface area contributed by atoms with Crippen molar-refractivity contribution in [2.45, 2.75) is 100 Å². The number of nitrogens with zero attached hydrogens (tertiary/aromatic N) is 3. The summed E-state index contributed by atoms with van der Waals surface area (Å²) in [5.74, 6) is -6.22. The lowest BCUT2D eigenvalue weighted by molar-refractivity contribution is -0.158. The van der Waals surface area contributed by atoms with E-state index in [2.05, 4.69) is 29.0 Å². The lowest BCUT2D eigenvalue weighted by atomic mass is 9.77. The second-order valence-electron chi connectivity index (χ2n) is 19.4. The van der Waals surface area contributed by atoms with Crippen LogP contribution in [-0.4, -0.2) is 99.0 Å². The number of aromatic nitrogens is 1. The first-order valence-corrected chi connectivity index (χ1v) is 23.1. The van der Waals surface area contributed by atoms with E-state index < -0.39 is 82.0 Å². The van der Waals surface area contributed by atoms with Crippen LogP contribution in [0.3, 0.4) is 0 Å². The second kappa shape index (κ2) is 19.0. The minimum absolute atomic E-state index is 0.0205. The predicted octanol–water partition coefficient (Wildman–Crippen LogP) is 5.96. The van der Waals surface area contributed by atoms with Crippen molar-refractivity contribution in [1.29, 1.82) is 0 Å². The fourth-order valence-corrected chi connectivity index (χ4v) is 9.63. The van der Waals surface area contributed by atoms with Crippen molar-refractivity contribution < 1.29 is 48.6 Å². The molecule has 16 nitrogen and oxygen atoms in total. The van der Waals surface area contributed by atoms with Crippen molar-refractivity contribution in [3.63, 3.8) is 0 Å². The second-order valence-corrected chi connectivity index (χ2v) is 19.4. The quantitative estimate of drug-likeness (QED) is 0.0906. The third kappa shape index (κ3) is 9.23. The molecule has 67 heavy (non-hydrogen) atoms. The Bertz CT molecular complexity index is 2880. The van der Waals surface area contributed by atoms with Crippen LogP contribution in [0.5, 0.6) is 11.5 Å². The zero-order chi connectivity index (χ0) is 49.0. The summed E-state index contributed by atoms with van der Waals surface area (Å²) in [5.41, 5.74) is -1.22. The van der Waals surface area contributed by atoms with Crippen LogP contribution >= 0.6 is 0 Å². The molecule has 5 heterocycles. The molecule has 4 aliphatic heterocycles. The Morgan fingerprint density at radius 1 is 0.925 bits per heavy atom. The van der Waals surface area contributed by atoms with Crippen LogP contribution < -0.4 is 31.0 Å². The number of rotatable bonds is 4. The highest BCUT2D eigenvalue weighted by atomic mass is 16.7. The number of aliphatic hydroxyl groups is 3. The van der Waals surface area contributed by atoms with E-state index in [1.165, 1.54) is 46.1 Å². The van der Waals surface area contributed by atoms with Gasteiger partial charge >= 0.3 is 11.8 Å². The van der Waals surface area contributed by atoms with E-state index in [0.717, 1.165) is 19.6 Å². The number of benzene rings is 3. The summed E-state index contributed by atoms with van der Waals surface area (Å²) in [6, 6.07) is 3.17. The molecule has 8 rings (SSSR count). The van der Waals surface area contributed by atoms with Gasteiger partial charge in [-0.3, -0.25) is 24.1 Å². The van der Waals surface area contributed by atoms with Crippen LogP contribution in [0.25, 0.3) is 38.7 Å². The number of hydrogen-bond donors (Lipinski definition) is 5. The number of fused-ring (bicyclic) bond motifs is 14. The van der Waals surface area contributed by atoms with Crippen molar-refractivity contribution in [3.8, 4) is 11.5 Å². The van der Waals surface area contributed by atoms with Crippen LogP contribution in [0.1, 0.15) is 74.8 Å². The van der Waals surface area contributed by atoms with Gasteiger partial charge in [0.25, 0.3) is 5.91 Å². The van der Waals surface area contributed by atoms with Crippen LogP contribution in [-0.2, 0) is 19.1 Å². The van der Waals surface area contributed by atoms with Gasteiger partial charge < -0.3 is 49.3 Å². The van der Waals surface area contributed by atoms with Crippen LogP contribution in [0.15, 0.2) is 62.3 Å². The van der Waals surface area contributed by atoms with Crippen molar-refractivity contribution >= 4 is 62.0 Å². The summed E-state index contributed by atoms with van der Waals surface area (Å²) >= 11 is 0. The number of carbonyl (C=O) groups excluding carboxylic acids is 2. The minimum atomic E-state index is -1.93. The van der Waals surface area contributed by atoms with E-state index in [9.17, 15) is 39.6 Å². The molecule has 9 atom stereocenters. The van der Waals surface area contributed by atoms with Gasteiger partial charge in [-0.2, -0.15) is 0 Å². The number of allylic oxidation sites excluding steroid dienone is 3. The molecule has 1 aromatic heterocycles. The number of piperazine rings is 1. The van der Waals surface area contributed by atoms with Crippen molar-refractivity contribution in [1.82, 2.24) is 9.88 Å². The molecule has 5 N–H and O–H groups in total. The van der Waals surface area contributed by atoms with Gasteiger partial charge in [-0.05, 0) is 37.7 Å².